The molecule has 0 aliphatic heterocycles. The predicted octanol–water partition coefficient (Wildman–Crippen LogP) is 1.62. The Morgan fingerprint density at radius 2 is 1.75 bits per heavy atom. The van der Waals surface area contributed by atoms with Crippen LogP contribution in [0.2, 0.25) is 0 Å². The summed E-state index contributed by atoms with van der Waals surface area (Å²) >= 11 is 3.47. The van der Waals surface area contributed by atoms with Crippen molar-refractivity contribution in [2.45, 2.75) is 0 Å². The van der Waals surface area contributed by atoms with Gasteiger partial charge in [-0.1, -0.05) is 40.2 Å². The molecular weight excluding hydrogens is 322 g/mol. The lowest BCUT2D eigenvalue weighted by Gasteiger charge is -2.10. The number of anilines is 1. The average molecular weight is 336 g/mol. The van der Waals surface area contributed by atoms with E-state index in [0.29, 0.717) is 5.69 Å². The first-order chi connectivity index (χ1) is 9.61. The molecule has 2 aromatic carbocycles. The zero-order valence-electron chi connectivity index (χ0n) is 10.7. The second kappa shape index (κ2) is 6.49. The number of hydrogen-bond donors (Lipinski definition) is 3. The third-order valence-electron chi connectivity index (χ3n) is 2.78. The fraction of sp³-hybridized carbons (Fsp3) is 0.143. The van der Waals surface area contributed by atoms with Gasteiger partial charge in [-0.15, -0.1) is 0 Å². The number of nitrogens with two attached hydrogens (primary N) is 1. The minimum atomic E-state index is -0.360. The molecule has 0 saturated heterocycles. The maximum absolute atomic E-state index is 11.8. The highest BCUT2D eigenvalue weighted by Gasteiger charge is 2.08. The highest BCUT2D eigenvalue weighted by Crippen LogP contribution is 2.29. The number of carbonyl (C=O) groups excluding carboxylic acids is 2. The van der Waals surface area contributed by atoms with Crippen LogP contribution >= 0.6 is 15.9 Å². The molecule has 20 heavy (non-hydrogen) atoms. The van der Waals surface area contributed by atoms with Crippen molar-refractivity contribution in [3.05, 3.63) is 40.9 Å². The summed E-state index contributed by atoms with van der Waals surface area (Å²) in [7, 11) is 0. The van der Waals surface area contributed by atoms with Crippen molar-refractivity contribution in [2.75, 3.05) is 18.4 Å². The number of rotatable bonds is 4. The Balaban J connectivity index is 2.16. The highest BCUT2D eigenvalue weighted by atomic mass is 79.9. The van der Waals surface area contributed by atoms with Crippen molar-refractivity contribution in [1.82, 2.24) is 5.32 Å². The summed E-state index contributed by atoms with van der Waals surface area (Å²) < 4.78 is 0.961. The van der Waals surface area contributed by atoms with Crippen molar-refractivity contribution < 1.29 is 9.59 Å². The molecule has 4 N–H and O–H groups in total. The van der Waals surface area contributed by atoms with Crippen LogP contribution in [0, 0.1) is 0 Å². The Hall–Kier alpha value is -1.92. The molecule has 0 aliphatic rings. The fourth-order valence-corrected chi connectivity index (χ4v) is 2.29. The molecular formula is C14H14BrN3O2. The third-order valence-corrected chi connectivity index (χ3v) is 3.47. The number of halogens is 1. The van der Waals surface area contributed by atoms with E-state index in [1.165, 1.54) is 0 Å². The Morgan fingerprint density at radius 1 is 1.05 bits per heavy atom. The molecule has 0 unspecified atom stereocenters. The quantitative estimate of drug-likeness (QED) is 0.793. The van der Waals surface area contributed by atoms with E-state index in [1.54, 1.807) is 0 Å². The molecule has 2 rings (SSSR count). The average Bonchev–Trinajstić information content (AvgIpc) is 2.48. The van der Waals surface area contributed by atoms with E-state index in [4.69, 9.17) is 5.73 Å². The summed E-state index contributed by atoms with van der Waals surface area (Å²) in [5.41, 5.74) is 5.86. The molecule has 0 fully saturated rings. The summed E-state index contributed by atoms with van der Waals surface area (Å²) in [6, 6.07) is 11.4. The molecule has 104 valence electrons. The zero-order valence-corrected chi connectivity index (χ0v) is 12.2. The van der Waals surface area contributed by atoms with Gasteiger partial charge in [-0.3, -0.25) is 9.59 Å². The van der Waals surface area contributed by atoms with Crippen molar-refractivity contribution >= 4 is 44.2 Å². The Morgan fingerprint density at radius 3 is 2.45 bits per heavy atom. The molecule has 2 aromatic rings. The van der Waals surface area contributed by atoms with Gasteiger partial charge < -0.3 is 16.4 Å². The summed E-state index contributed by atoms with van der Waals surface area (Å²) in [5.74, 6) is -0.653. The maximum atomic E-state index is 11.8. The first-order valence-corrected chi connectivity index (χ1v) is 6.85. The van der Waals surface area contributed by atoms with Crippen molar-refractivity contribution in [2.24, 2.45) is 5.73 Å². The van der Waals surface area contributed by atoms with E-state index in [-0.39, 0.29) is 24.9 Å². The molecule has 0 aromatic heterocycles. The van der Waals surface area contributed by atoms with E-state index in [1.807, 2.05) is 36.4 Å². The van der Waals surface area contributed by atoms with Crippen LogP contribution in [0.1, 0.15) is 0 Å². The Labute approximate surface area is 124 Å². The molecule has 6 heteroatoms. The SMILES string of the molecule is NCC(=O)NCC(=O)Nc1ccc(Br)c2ccccc12. The van der Waals surface area contributed by atoms with Crippen LogP contribution in [0.5, 0.6) is 0 Å². The molecule has 0 spiro atoms. The van der Waals surface area contributed by atoms with Gasteiger partial charge in [-0.25, -0.2) is 0 Å². The van der Waals surface area contributed by atoms with E-state index in [9.17, 15) is 9.59 Å². The molecule has 2 amide bonds. The van der Waals surface area contributed by atoms with Crippen molar-refractivity contribution in [1.29, 1.82) is 0 Å². The van der Waals surface area contributed by atoms with Gasteiger partial charge in [0.2, 0.25) is 11.8 Å². The summed E-state index contributed by atoms with van der Waals surface area (Å²) in [6.07, 6.45) is 0. The molecule has 0 radical (unpaired) electrons. The zero-order chi connectivity index (χ0) is 14.5. The Kier molecular flexibility index (Phi) is 4.70. The lowest BCUT2D eigenvalue weighted by atomic mass is 10.1. The number of nitrogens with one attached hydrogen (secondary N) is 2. The molecule has 0 atom stereocenters. The lowest BCUT2D eigenvalue weighted by Crippen LogP contribution is -2.36. The number of fused-ring (bicyclic) bond motifs is 1. The van der Waals surface area contributed by atoms with E-state index in [2.05, 4.69) is 26.6 Å². The van der Waals surface area contributed by atoms with Gasteiger partial charge in [0.15, 0.2) is 0 Å². The third kappa shape index (κ3) is 3.34. The second-order valence-corrected chi connectivity index (χ2v) is 5.02. The standard InChI is InChI=1S/C14H14BrN3O2/c15-11-5-6-12(10-4-2-1-3-9(10)11)18-14(20)8-17-13(19)7-16/h1-6H,7-8,16H2,(H,17,19)(H,18,20). The van der Waals surface area contributed by atoms with E-state index in [0.717, 1.165) is 15.2 Å². The predicted molar refractivity (Wildman–Crippen MR) is 82.3 cm³/mol. The fourth-order valence-electron chi connectivity index (χ4n) is 1.82. The summed E-state index contributed by atoms with van der Waals surface area (Å²) in [6.45, 7) is -0.227. The largest absolute Gasteiger partial charge is 0.346 e. The smallest absolute Gasteiger partial charge is 0.243 e. The van der Waals surface area contributed by atoms with Crippen LogP contribution in [0.15, 0.2) is 40.9 Å². The van der Waals surface area contributed by atoms with Crippen LogP contribution in [-0.4, -0.2) is 24.9 Å². The summed E-state index contributed by atoms with van der Waals surface area (Å²) in [5, 5.41) is 7.14. The van der Waals surface area contributed by atoms with Crippen LogP contribution in [-0.2, 0) is 9.59 Å². The van der Waals surface area contributed by atoms with Crippen LogP contribution in [0.3, 0.4) is 0 Å². The molecule has 0 bridgehead atoms. The monoisotopic (exact) mass is 335 g/mol. The van der Waals surface area contributed by atoms with E-state index < -0.39 is 0 Å². The van der Waals surface area contributed by atoms with Gasteiger partial charge in [0.25, 0.3) is 0 Å². The normalized spacial score (nSPS) is 10.3. The highest BCUT2D eigenvalue weighted by molar-refractivity contribution is 9.10. The van der Waals surface area contributed by atoms with Gasteiger partial charge >= 0.3 is 0 Å². The maximum Gasteiger partial charge on any atom is 0.243 e. The minimum absolute atomic E-state index is 0.0968. The first kappa shape index (κ1) is 14.5. The lowest BCUT2D eigenvalue weighted by molar-refractivity contribution is -0.123. The molecule has 0 heterocycles. The van der Waals surface area contributed by atoms with E-state index >= 15 is 0 Å². The van der Waals surface area contributed by atoms with Gasteiger partial charge in [0, 0.05) is 15.5 Å². The van der Waals surface area contributed by atoms with Gasteiger partial charge in [0.05, 0.1) is 13.1 Å². The second-order valence-electron chi connectivity index (χ2n) is 4.17. The van der Waals surface area contributed by atoms with Gasteiger partial charge in [-0.05, 0) is 17.5 Å². The first-order valence-electron chi connectivity index (χ1n) is 6.05. The number of amides is 2. The molecule has 5 nitrogen and oxygen atoms in total. The van der Waals surface area contributed by atoms with Crippen molar-refractivity contribution in [3.8, 4) is 0 Å². The minimum Gasteiger partial charge on any atom is -0.346 e. The molecule has 0 aliphatic carbocycles. The van der Waals surface area contributed by atoms with Crippen molar-refractivity contribution in [3.63, 3.8) is 0 Å². The summed E-state index contributed by atoms with van der Waals surface area (Å²) in [4.78, 5) is 22.8. The number of carbonyl (C=O) groups is 2. The van der Waals surface area contributed by atoms with Gasteiger partial charge in [-0.2, -0.15) is 0 Å². The Bertz CT molecular complexity index is 658. The van der Waals surface area contributed by atoms with Crippen LogP contribution in [0.25, 0.3) is 10.8 Å². The van der Waals surface area contributed by atoms with Crippen LogP contribution in [0.4, 0.5) is 5.69 Å². The number of hydrogen-bond acceptors (Lipinski definition) is 3. The van der Waals surface area contributed by atoms with Crippen LogP contribution < -0.4 is 16.4 Å². The number of benzene rings is 2. The molecule has 0 saturated carbocycles. The topological polar surface area (TPSA) is 84.2 Å². The van der Waals surface area contributed by atoms with Gasteiger partial charge in [0.1, 0.15) is 0 Å².